The van der Waals surface area contributed by atoms with Crippen LogP contribution in [0.5, 0.6) is 5.75 Å². The standard InChI is InChI=1S/C19H20N4O4S/c1-27-15-9-7-13(8-10-15)18(26)21-19(28)23-22-17(25)12-11-16(24)20-14-5-3-2-4-6-14/h2-10H,11-12H2,1H3,(H,20,24)(H,22,25)(H2,21,23,26,28). The van der Waals surface area contributed by atoms with Crippen molar-refractivity contribution in [3.63, 3.8) is 0 Å². The van der Waals surface area contributed by atoms with Crippen LogP contribution in [0.2, 0.25) is 0 Å². The summed E-state index contributed by atoms with van der Waals surface area (Å²) in [5, 5.41) is 5.05. The summed E-state index contributed by atoms with van der Waals surface area (Å²) >= 11 is 4.96. The largest absolute Gasteiger partial charge is 0.497 e. The molecule has 28 heavy (non-hydrogen) atoms. The second-order valence-corrected chi connectivity index (χ2v) is 6.01. The van der Waals surface area contributed by atoms with Gasteiger partial charge in [-0.1, -0.05) is 18.2 Å². The highest BCUT2D eigenvalue weighted by atomic mass is 32.1. The molecule has 0 radical (unpaired) electrons. The number of ether oxygens (including phenoxy) is 1. The van der Waals surface area contributed by atoms with E-state index in [2.05, 4.69) is 21.5 Å². The van der Waals surface area contributed by atoms with Gasteiger partial charge in [0.05, 0.1) is 7.11 Å². The highest BCUT2D eigenvalue weighted by molar-refractivity contribution is 7.80. The van der Waals surface area contributed by atoms with Gasteiger partial charge in [0.15, 0.2) is 5.11 Å². The van der Waals surface area contributed by atoms with Crippen molar-refractivity contribution in [3.05, 3.63) is 60.2 Å². The molecule has 0 bridgehead atoms. The lowest BCUT2D eigenvalue weighted by Gasteiger charge is -2.11. The number of amides is 3. The van der Waals surface area contributed by atoms with Gasteiger partial charge in [0.2, 0.25) is 11.8 Å². The first-order valence-corrected chi connectivity index (χ1v) is 8.78. The molecule has 0 aliphatic rings. The summed E-state index contributed by atoms with van der Waals surface area (Å²) < 4.78 is 5.02. The number of rotatable bonds is 6. The zero-order chi connectivity index (χ0) is 20.4. The Labute approximate surface area is 167 Å². The fourth-order valence-electron chi connectivity index (χ4n) is 2.11. The smallest absolute Gasteiger partial charge is 0.257 e. The van der Waals surface area contributed by atoms with Crippen molar-refractivity contribution in [1.29, 1.82) is 0 Å². The quantitative estimate of drug-likeness (QED) is 0.435. The van der Waals surface area contributed by atoms with Crippen molar-refractivity contribution in [1.82, 2.24) is 16.2 Å². The number of methoxy groups -OCH3 is 1. The van der Waals surface area contributed by atoms with Crippen molar-refractivity contribution in [2.45, 2.75) is 12.8 Å². The number of nitrogens with one attached hydrogen (secondary N) is 4. The zero-order valence-electron chi connectivity index (χ0n) is 15.2. The van der Waals surface area contributed by atoms with Crippen LogP contribution in [-0.2, 0) is 9.59 Å². The van der Waals surface area contributed by atoms with Gasteiger partial charge in [-0.15, -0.1) is 0 Å². The molecule has 0 spiro atoms. The molecule has 0 saturated carbocycles. The Morgan fingerprint density at radius 3 is 2.18 bits per heavy atom. The Balaban J connectivity index is 1.67. The van der Waals surface area contributed by atoms with Crippen LogP contribution in [0, 0.1) is 0 Å². The van der Waals surface area contributed by atoms with E-state index < -0.39 is 11.8 Å². The summed E-state index contributed by atoms with van der Waals surface area (Å²) in [4.78, 5) is 35.6. The van der Waals surface area contributed by atoms with E-state index in [0.29, 0.717) is 17.0 Å². The number of hydrazine groups is 1. The van der Waals surface area contributed by atoms with E-state index in [1.807, 2.05) is 6.07 Å². The first-order valence-electron chi connectivity index (χ1n) is 8.37. The number of carbonyl (C=O) groups excluding carboxylic acids is 3. The van der Waals surface area contributed by atoms with Crippen LogP contribution >= 0.6 is 12.2 Å². The minimum atomic E-state index is -0.441. The molecule has 0 unspecified atom stereocenters. The van der Waals surface area contributed by atoms with Gasteiger partial charge in [-0.3, -0.25) is 30.6 Å². The Morgan fingerprint density at radius 1 is 0.893 bits per heavy atom. The summed E-state index contributed by atoms with van der Waals surface area (Å²) in [5.41, 5.74) is 5.80. The molecular weight excluding hydrogens is 380 g/mol. The molecule has 0 aromatic heterocycles. The van der Waals surface area contributed by atoms with Gasteiger partial charge < -0.3 is 10.1 Å². The number of para-hydroxylation sites is 1. The number of benzene rings is 2. The van der Waals surface area contributed by atoms with Crippen LogP contribution in [0.4, 0.5) is 5.69 Å². The molecule has 0 heterocycles. The molecule has 9 heteroatoms. The summed E-state index contributed by atoms with van der Waals surface area (Å²) in [5.74, 6) is -0.529. The van der Waals surface area contributed by atoms with Gasteiger partial charge in [-0.05, 0) is 48.6 Å². The molecule has 0 fully saturated rings. The number of thiocarbonyl (C=S) groups is 1. The fraction of sp³-hybridized carbons (Fsp3) is 0.158. The monoisotopic (exact) mass is 400 g/mol. The maximum absolute atomic E-state index is 12.0. The Hall–Kier alpha value is -3.46. The van der Waals surface area contributed by atoms with E-state index >= 15 is 0 Å². The molecule has 2 rings (SSSR count). The molecule has 2 aromatic carbocycles. The van der Waals surface area contributed by atoms with Crippen molar-refractivity contribution in [2.75, 3.05) is 12.4 Å². The Kier molecular flexibility index (Phi) is 7.92. The summed E-state index contributed by atoms with van der Waals surface area (Å²) in [6.07, 6.45) is -0.0336. The summed E-state index contributed by atoms with van der Waals surface area (Å²) in [6, 6.07) is 15.4. The van der Waals surface area contributed by atoms with E-state index in [9.17, 15) is 14.4 Å². The third kappa shape index (κ3) is 7.04. The average Bonchev–Trinajstić information content (AvgIpc) is 2.71. The second kappa shape index (κ2) is 10.6. The normalized spacial score (nSPS) is 9.75. The lowest BCUT2D eigenvalue weighted by Crippen LogP contribution is -2.48. The SMILES string of the molecule is COc1ccc(C(=O)NC(=S)NNC(=O)CCC(=O)Nc2ccccc2)cc1. The highest BCUT2D eigenvalue weighted by Crippen LogP contribution is 2.11. The van der Waals surface area contributed by atoms with E-state index in [4.69, 9.17) is 17.0 Å². The van der Waals surface area contributed by atoms with Crippen molar-refractivity contribution in [2.24, 2.45) is 0 Å². The minimum Gasteiger partial charge on any atom is -0.497 e. The third-order valence-electron chi connectivity index (χ3n) is 3.53. The fourth-order valence-corrected chi connectivity index (χ4v) is 2.25. The zero-order valence-corrected chi connectivity index (χ0v) is 16.0. The molecule has 146 valence electrons. The van der Waals surface area contributed by atoms with Crippen LogP contribution in [0.3, 0.4) is 0 Å². The highest BCUT2D eigenvalue weighted by Gasteiger charge is 2.10. The van der Waals surface area contributed by atoms with Crippen LogP contribution in [0.15, 0.2) is 54.6 Å². The number of hydrogen-bond acceptors (Lipinski definition) is 5. The topological polar surface area (TPSA) is 109 Å². The maximum atomic E-state index is 12.0. The summed E-state index contributed by atoms with van der Waals surface area (Å²) in [6.45, 7) is 0. The Morgan fingerprint density at radius 2 is 1.54 bits per heavy atom. The lowest BCUT2D eigenvalue weighted by molar-refractivity contribution is -0.124. The molecule has 3 amide bonds. The maximum Gasteiger partial charge on any atom is 0.257 e. The van der Waals surface area contributed by atoms with Gasteiger partial charge >= 0.3 is 0 Å². The third-order valence-corrected chi connectivity index (χ3v) is 3.74. The van der Waals surface area contributed by atoms with E-state index in [0.717, 1.165) is 0 Å². The predicted octanol–water partition coefficient (Wildman–Crippen LogP) is 1.75. The lowest BCUT2D eigenvalue weighted by atomic mass is 10.2. The van der Waals surface area contributed by atoms with Crippen LogP contribution in [0.1, 0.15) is 23.2 Å². The molecule has 0 aliphatic carbocycles. The van der Waals surface area contributed by atoms with Crippen LogP contribution in [0.25, 0.3) is 0 Å². The van der Waals surface area contributed by atoms with E-state index in [1.165, 1.54) is 7.11 Å². The molecule has 2 aromatic rings. The minimum absolute atomic E-state index is 0.00732. The van der Waals surface area contributed by atoms with Gasteiger partial charge in [-0.2, -0.15) is 0 Å². The predicted molar refractivity (Wildman–Crippen MR) is 109 cm³/mol. The van der Waals surface area contributed by atoms with Crippen molar-refractivity contribution in [3.8, 4) is 5.75 Å². The van der Waals surface area contributed by atoms with Crippen molar-refractivity contribution < 1.29 is 19.1 Å². The number of hydrogen-bond donors (Lipinski definition) is 4. The van der Waals surface area contributed by atoms with E-state index in [-0.39, 0.29) is 23.9 Å². The molecule has 0 atom stereocenters. The van der Waals surface area contributed by atoms with E-state index in [1.54, 1.807) is 48.5 Å². The Bertz CT molecular complexity index is 841. The molecule has 4 N–H and O–H groups in total. The molecule has 0 saturated heterocycles. The summed E-state index contributed by atoms with van der Waals surface area (Å²) in [7, 11) is 1.53. The van der Waals surface area contributed by atoms with Crippen LogP contribution < -0.4 is 26.2 Å². The van der Waals surface area contributed by atoms with Gasteiger partial charge in [0.25, 0.3) is 5.91 Å². The molecular formula is C19H20N4O4S. The van der Waals surface area contributed by atoms with Gasteiger partial charge in [0.1, 0.15) is 5.75 Å². The first kappa shape index (κ1) is 20.8. The molecule has 0 aliphatic heterocycles. The van der Waals surface area contributed by atoms with Crippen molar-refractivity contribution >= 4 is 40.7 Å². The van der Waals surface area contributed by atoms with Crippen LogP contribution in [-0.4, -0.2) is 29.9 Å². The number of carbonyl (C=O) groups is 3. The molecule has 8 nitrogen and oxygen atoms in total. The second-order valence-electron chi connectivity index (χ2n) is 5.60. The van der Waals surface area contributed by atoms with Gasteiger partial charge in [-0.25, -0.2) is 0 Å². The average molecular weight is 400 g/mol. The first-order chi connectivity index (χ1) is 13.5. The number of anilines is 1. The van der Waals surface area contributed by atoms with Gasteiger partial charge in [0, 0.05) is 24.1 Å².